The van der Waals surface area contributed by atoms with Crippen LogP contribution < -0.4 is 21.3 Å². The molecule has 0 saturated heterocycles. The van der Waals surface area contributed by atoms with Crippen LogP contribution in [-0.4, -0.2) is 52.5 Å². The van der Waals surface area contributed by atoms with Crippen molar-refractivity contribution < 1.29 is 29.4 Å². The van der Waals surface area contributed by atoms with Gasteiger partial charge in [-0.1, -0.05) is 41.9 Å². The molecule has 38 heavy (non-hydrogen) atoms. The molecule has 3 aromatic rings. The molecule has 0 bridgehead atoms. The number of hydrogen-bond acceptors (Lipinski definition) is 6. The van der Waals surface area contributed by atoms with Crippen LogP contribution in [0.15, 0.2) is 66.7 Å². The summed E-state index contributed by atoms with van der Waals surface area (Å²) in [6.45, 7) is -0.164. The van der Waals surface area contributed by atoms with Gasteiger partial charge in [0.1, 0.15) is 17.8 Å². The number of carboxylic acid groups (broad SMARTS) is 1. The molecule has 0 radical (unpaired) electrons. The highest BCUT2D eigenvalue weighted by atomic mass is 35.5. The minimum atomic E-state index is -1.41. The first kappa shape index (κ1) is 26.5. The van der Waals surface area contributed by atoms with E-state index in [0.717, 1.165) is 11.3 Å². The third kappa shape index (κ3) is 6.40. The molecule has 3 aromatic carbocycles. The first-order valence-corrected chi connectivity index (χ1v) is 12.1. The number of phenols is 1. The summed E-state index contributed by atoms with van der Waals surface area (Å²) in [5, 5.41) is 29.7. The maximum Gasteiger partial charge on any atom is 0.328 e. The normalized spacial score (nSPS) is 14.5. The fourth-order valence-corrected chi connectivity index (χ4v) is 4.28. The van der Waals surface area contributed by atoms with Crippen LogP contribution in [-0.2, 0) is 22.6 Å². The van der Waals surface area contributed by atoms with Gasteiger partial charge < -0.3 is 31.5 Å². The summed E-state index contributed by atoms with van der Waals surface area (Å²) in [7, 11) is 0. The number of para-hydroxylation sites is 1. The quantitative estimate of drug-likeness (QED) is 0.245. The molecule has 0 fully saturated rings. The summed E-state index contributed by atoms with van der Waals surface area (Å²) in [5.41, 5.74) is 2.70. The molecular formula is C27H25ClN4O6. The van der Waals surface area contributed by atoms with E-state index in [1.165, 1.54) is 30.3 Å². The average molecular weight is 537 g/mol. The number of aliphatic carboxylic acids is 1. The van der Waals surface area contributed by atoms with Gasteiger partial charge in [0.2, 0.25) is 5.91 Å². The van der Waals surface area contributed by atoms with Crippen LogP contribution in [0.2, 0.25) is 5.02 Å². The minimum Gasteiger partial charge on any atom is -0.508 e. The van der Waals surface area contributed by atoms with Gasteiger partial charge in [-0.05, 0) is 47.5 Å². The second-order valence-corrected chi connectivity index (χ2v) is 9.12. The third-order valence-corrected chi connectivity index (χ3v) is 6.32. The van der Waals surface area contributed by atoms with Crippen LogP contribution in [0.5, 0.6) is 5.75 Å². The Labute approximate surface area is 223 Å². The number of fused-ring (bicyclic) bond motifs is 1. The van der Waals surface area contributed by atoms with E-state index >= 15 is 0 Å². The number of rotatable bonds is 9. The van der Waals surface area contributed by atoms with Gasteiger partial charge in [0, 0.05) is 30.8 Å². The van der Waals surface area contributed by atoms with Gasteiger partial charge in [0.05, 0.1) is 10.6 Å². The van der Waals surface area contributed by atoms with Crippen molar-refractivity contribution in [2.75, 3.05) is 11.9 Å². The Morgan fingerprint density at radius 1 is 0.974 bits per heavy atom. The molecule has 2 atom stereocenters. The number of carbonyl (C=O) groups excluding carboxylic acids is 3. The van der Waals surface area contributed by atoms with Crippen molar-refractivity contribution in [3.63, 3.8) is 0 Å². The number of amides is 3. The highest BCUT2D eigenvalue weighted by Crippen LogP contribution is 2.25. The van der Waals surface area contributed by atoms with Crippen LogP contribution in [0.25, 0.3) is 0 Å². The number of anilines is 1. The van der Waals surface area contributed by atoms with Crippen LogP contribution in [0.4, 0.5) is 5.69 Å². The van der Waals surface area contributed by atoms with E-state index in [-0.39, 0.29) is 40.9 Å². The summed E-state index contributed by atoms with van der Waals surface area (Å²) in [6, 6.07) is 16.0. The van der Waals surface area contributed by atoms with Gasteiger partial charge in [-0.15, -0.1) is 0 Å². The average Bonchev–Trinajstić information content (AvgIpc) is 3.33. The smallest absolute Gasteiger partial charge is 0.328 e. The molecular weight excluding hydrogens is 512 g/mol. The third-order valence-electron chi connectivity index (χ3n) is 6.01. The number of benzene rings is 3. The fraction of sp³-hybridized carbons (Fsp3) is 0.185. The molecule has 1 heterocycles. The lowest BCUT2D eigenvalue weighted by atomic mass is 10.1. The molecule has 11 heteroatoms. The van der Waals surface area contributed by atoms with Gasteiger partial charge in [-0.3, -0.25) is 14.4 Å². The molecule has 0 aromatic heterocycles. The Balaban J connectivity index is 1.32. The summed E-state index contributed by atoms with van der Waals surface area (Å²) >= 11 is 6.23. The molecule has 0 saturated carbocycles. The van der Waals surface area contributed by atoms with E-state index in [1.807, 2.05) is 24.3 Å². The van der Waals surface area contributed by atoms with E-state index in [0.29, 0.717) is 12.0 Å². The number of carbonyl (C=O) groups is 4. The van der Waals surface area contributed by atoms with E-state index in [2.05, 4.69) is 21.3 Å². The molecule has 10 nitrogen and oxygen atoms in total. The van der Waals surface area contributed by atoms with E-state index in [4.69, 9.17) is 11.6 Å². The highest BCUT2D eigenvalue weighted by Gasteiger charge is 2.28. The Kier molecular flexibility index (Phi) is 8.12. The zero-order chi connectivity index (χ0) is 27.2. The number of carboxylic acids is 1. The maximum absolute atomic E-state index is 12.7. The minimum absolute atomic E-state index is 0.0262. The maximum atomic E-state index is 12.7. The van der Waals surface area contributed by atoms with Gasteiger partial charge in [-0.2, -0.15) is 0 Å². The van der Waals surface area contributed by atoms with E-state index in [9.17, 15) is 29.4 Å². The molecule has 1 aliphatic heterocycles. The lowest BCUT2D eigenvalue weighted by Crippen LogP contribution is -2.50. The second kappa shape index (κ2) is 11.7. The van der Waals surface area contributed by atoms with Gasteiger partial charge in [0.25, 0.3) is 11.8 Å². The SMILES string of the molecule is O=C(NCc1cccc(O)c1)c1ccc(C(=O)N[C@@H](CNC(=O)C2Cc3ccccc3N2)C(=O)O)c(Cl)c1. The van der Waals surface area contributed by atoms with E-state index < -0.39 is 29.9 Å². The zero-order valence-electron chi connectivity index (χ0n) is 20.0. The number of halogens is 1. The van der Waals surface area contributed by atoms with Crippen molar-refractivity contribution in [1.29, 1.82) is 0 Å². The Morgan fingerprint density at radius 2 is 1.76 bits per heavy atom. The summed E-state index contributed by atoms with van der Waals surface area (Å²) in [6.07, 6.45) is 0.468. The summed E-state index contributed by atoms with van der Waals surface area (Å²) < 4.78 is 0. The van der Waals surface area contributed by atoms with Crippen molar-refractivity contribution in [1.82, 2.24) is 16.0 Å². The van der Waals surface area contributed by atoms with E-state index in [1.54, 1.807) is 12.1 Å². The van der Waals surface area contributed by atoms with Crippen LogP contribution in [0, 0.1) is 0 Å². The van der Waals surface area contributed by atoms with Crippen molar-refractivity contribution in [2.24, 2.45) is 0 Å². The van der Waals surface area contributed by atoms with Crippen molar-refractivity contribution in [3.8, 4) is 5.75 Å². The summed E-state index contributed by atoms with van der Waals surface area (Å²) in [4.78, 5) is 49.5. The van der Waals surface area contributed by atoms with Crippen LogP contribution >= 0.6 is 11.6 Å². The lowest BCUT2D eigenvalue weighted by Gasteiger charge is -2.18. The van der Waals surface area contributed by atoms with Crippen LogP contribution in [0.3, 0.4) is 0 Å². The monoisotopic (exact) mass is 536 g/mol. The molecule has 4 rings (SSSR count). The molecule has 1 unspecified atom stereocenters. The largest absolute Gasteiger partial charge is 0.508 e. The van der Waals surface area contributed by atoms with Crippen molar-refractivity contribution in [3.05, 3.63) is 94.0 Å². The molecule has 1 aliphatic rings. The van der Waals surface area contributed by atoms with Gasteiger partial charge in [0.15, 0.2) is 0 Å². The fourth-order valence-electron chi connectivity index (χ4n) is 4.01. The number of aromatic hydroxyl groups is 1. The summed E-state index contributed by atoms with van der Waals surface area (Å²) in [5.74, 6) is -2.86. The number of nitrogens with one attached hydrogen (secondary N) is 4. The second-order valence-electron chi connectivity index (χ2n) is 8.71. The molecule has 6 N–H and O–H groups in total. The molecule has 0 spiro atoms. The molecule has 0 aliphatic carbocycles. The van der Waals surface area contributed by atoms with Gasteiger partial charge in [-0.25, -0.2) is 4.79 Å². The van der Waals surface area contributed by atoms with Gasteiger partial charge >= 0.3 is 5.97 Å². The first-order chi connectivity index (χ1) is 18.2. The molecule has 3 amide bonds. The van der Waals surface area contributed by atoms with Crippen LogP contribution in [0.1, 0.15) is 31.8 Å². The zero-order valence-corrected chi connectivity index (χ0v) is 20.8. The lowest BCUT2D eigenvalue weighted by molar-refractivity contribution is -0.139. The van der Waals surface area contributed by atoms with Crippen molar-refractivity contribution in [2.45, 2.75) is 25.0 Å². The number of hydrogen-bond donors (Lipinski definition) is 6. The number of phenolic OH excluding ortho intramolecular Hbond substituents is 1. The van der Waals surface area contributed by atoms with Crippen molar-refractivity contribution >= 4 is 41.0 Å². The predicted molar refractivity (Wildman–Crippen MR) is 140 cm³/mol. The molecule has 196 valence electrons. The topological polar surface area (TPSA) is 157 Å². The highest BCUT2D eigenvalue weighted by molar-refractivity contribution is 6.34. The first-order valence-electron chi connectivity index (χ1n) is 11.7. The predicted octanol–water partition coefficient (Wildman–Crippen LogP) is 2.31. The Hall–Kier alpha value is -4.57. The Morgan fingerprint density at radius 3 is 2.47 bits per heavy atom. The standard InChI is InChI=1S/C27H25ClN4O6/c28-20-11-17(24(34)29-13-15-4-3-6-18(33)10-15)8-9-19(20)25(35)32-23(27(37)38)14-30-26(36)22-12-16-5-1-2-7-21(16)31-22/h1-11,22-23,31,33H,12-14H2,(H,29,34)(H,30,36)(H,32,35)(H,37,38)/t22?,23-/m0/s1. The Bertz CT molecular complexity index is 1370.